The number of carbonyl (C=O) groups is 3. The molecule has 1 rings (SSSR count). The lowest BCUT2D eigenvalue weighted by molar-refractivity contribution is -0.145. The number of piperidine rings is 1. The molecule has 2 amide bonds. The molecule has 0 aliphatic carbocycles. The minimum atomic E-state index is -0.810. The lowest BCUT2D eigenvalue weighted by atomic mass is 9.89. The van der Waals surface area contributed by atoms with Gasteiger partial charge in [-0.3, -0.25) is 0 Å². The summed E-state index contributed by atoms with van der Waals surface area (Å²) >= 11 is 0. The number of likely N-dealkylation sites (tertiary alicyclic amines) is 1. The molecular weight excluding hydrogens is 340 g/mol. The van der Waals surface area contributed by atoms with Crippen LogP contribution in [0, 0.1) is 5.92 Å². The van der Waals surface area contributed by atoms with Gasteiger partial charge in [-0.05, 0) is 60.3 Å². The Morgan fingerprint density at radius 3 is 1.88 bits per heavy atom. The van der Waals surface area contributed by atoms with Gasteiger partial charge in [0.15, 0.2) is 0 Å². The van der Waals surface area contributed by atoms with Gasteiger partial charge in [-0.25, -0.2) is 14.4 Å². The molecule has 1 unspecified atom stereocenters. The molecule has 0 aromatic heterocycles. The molecule has 8 heteroatoms. The van der Waals surface area contributed by atoms with E-state index in [1.165, 1.54) is 7.11 Å². The second-order valence-corrected chi connectivity index (χ2v) is 8.45. The summed E-state index contributed by atoms with van der Waals surface area (Å²) in [7, 11) is 1.28. The van der Waals surface area contributed by atoms with Crippen LogP contribution in [0.25, 0.3) is 0 Å². The maximum atomic E-state index is 12.1. The van der Waals surface area contributed by atoms with E-state index in [9.17, 15) is 14.4 Å². The van der Waals surface area contributed by atoms with Crippen molar-refractivity contribution in [3.8, 4) is 0 Å². The zero-order chi connectivity index (χ0) is 20.1. The lowest BCUT2D eigenvalue weighted by Gasteiger charge is -2.36. The number of hydrogen-bond donors (Lipinski definition) is 1. The van der Waals surface area contributed by atoms with E-state index < -0.39 is 29.3 Å². The van der Waals surface area contributed by atoms with Crippen LogP contribution < -0.4 is 5.32 Å². The molecule has 1 heterocycles. The number of ether oxygens (including phenoxy) is 3. The van der Waals surface area contributed by atoms with Crippen molar-refractivity contribution in [2.75, 3.05) is 20.2 Å². The topological polar surface area (TPSA) is 94.2 Å². The van der Waals surface area contributed by atoms with Crippen LogP contribution in [0.2, 0.25) is 0 Å². The molecule has 1 N–H and O–H groups in total. The second kappa shape index (κ2) is 8.60. The fourth-order valence-electron chi connectivity index (χ4n) is 2.67. The molecule has 1 atom stereocenters. The lowest BCUT2D eigenvalue weighted by Crippen LogP contribution is -2.52. The summed E-state index contributed by atoms with van der Waals surface area (Å²) in [6.45, 7) is 11.6. The van der Waals surface area contributed by atoms with Gasteiger partial charge in [0.25, 0.3) is 0 Å². The van der Waals surface area contributed by atoms with E-state index in [-0.39, 0.29) is 12.0 Å². The van der Waals surface area contributed by atoms with Gasteiger partial charge < -0.3 is 24.4 Å². The van der Waals surface area contributed by atoms with Crippen LogP contribution >= 0.6 is 0 Å². The van der Waals surface area contributed by atoms with Crippen molar-refractivity contribution in [3.63, 3.8) is 0 Å². The third kappa shape index (κ3) is 7.49. The number of carbonyl (C=O) groups excluding carboxylic acids is 3. The molecular formula is C18H32N2O6. The summed E-state index contributed by atoms with van der Waals surface area (Å²) in [5.74, 6) is -0.666. The van der Waals surface area contributed by atoms with Crippen LogP contribution in [0.4, 0.5) is 9.59 Å². The molecule has 0 radical (unpaired) electrons. The Balaban J connectivity index is 2.67. The summed E-state index contributed by atoms with van der Waals surface area (Å²) in [5, 5.41) is 2.61. The van der Waals surface area contributed by atoms with E-state index in [2.05, 4.69) is 5.32 Å². The SMILES string of the molecule is COC(=O)C(NC(=O)OC(C)(C)C)C1CCN(C(=O)OC(C)(C)C)CC1. The van der Waals surface area contributed by atoms with Crippen LogP contribution in [0.15, 0.2) is 0 Å². The Hall–Kier alpha value is -1.99. The summed E-state index contributed by atoms with van der Waals surface area (Å²) in [6, 6.07) is -0.810. The quantitative estimate of drug-likeness (QED) is 0.605. The number of rotatable bonds is 3. The van der Waals surface area contributed by atoms with Crippen molar-refractivity contribution in [2.24, 2.45) is 5.92 Å². The minimum Gasteiger partial charge on any atom is -0.467 e. The molecule has 8 nitrogen and oxygen atoms in total. The average Bonchev–Trinajstić information content (AvgIpc) is 2.48. The summed E-state index contributed by atoms with van der Waals surface area (Å²) in [5.41, 5.74) is -1.22. The molecule has 1 aliphatic rings. The monoisotopic (exact) mass is 372 g/mol. The summed E-state index contributed by atoms with van der Waals surface area (Å²) in [6.07, 6.45) is 0.0667. The van der Waals surface area contributed by atoms with Gasteiger partial charge in [0.2, 0.25) is 0 Å². The first-order valence-electron chi connectivity index (χ1n) is 8.87. The van der Waals surface area contributed by atoms with Crippen LogP contribution in [0.3, 0.4) is 0 Å². The van der Waals surface area contributed by atoms with Crippen molar-refractivity contribution in [1.29, 1.82) is 0 Å². The Morgan fingerprint density at radius 1 is 0.962 bits per heavy atom. The predicted molar refractivity (Wildman–Crippen MR) is 95.7 cm³/mol. The van der Waals surface area contributed by atoms with Gasteiger partial charge >= 0.3 is 18.2 Å². The van der Waals surface area contributed by atoms with E-state index in [0.717, 1.165) is 0 Å². The highest BCUT2D eigenvalue weighted by Crippen LogP contribution is 2.23. The molecule has 26 heavy (non-hydrogen) atoms. The largest absolute Gasteiger partial charge is 0.467 e. The molecule has 1 aliphatic heterocycles. The van der Waals surface area contributed by atoms with E-state index in [1.54, 1.807) is 25.7 Å². The Morgan fingerprint density at radius 2 is 1.46 bits per heavy atom. The normalized spacial score (nSPS) is 17.3. The smallest absolute Gasteiger partial charge is 0.410 e. The summed E-state index contributed by atoms with van der Waals surface area (Å²) < 4.78 is 15.4. The fourth-order valence-corrected chi connectivity index (χ4v) is 2.67. The molecule has 150 valence electrons. The Kier molecular flexibility index (Phi) is 7.29. The van der Waals surface area contributed by atoms with Crippen molar-refractivity contribution in [1.82, 2.24) is 10.2 Å². The van der Waals surface area contributed by atoms with Crippen LogP contribution in [0.5, 0.6) is 0 Å². The Bertz CT molecular complexity index is 513. The molecule has 1 saturated heterocycles. The van der Waals surface area contributed by atoms with E-state index in [0.29, 0.717) is 25.9 Å². The minimum absolute atomic E-state index is 0.145. The number of alkyl carbamates (subject to hydrolysis) is 1. The number of hydrogen-bond acceptors (Lipinski definition) is 6. The highest BCUT2D eigenvalue weighted by Gasteiger charge is 2.36. The van der Waals surface area contributed by atoms with Crippen molar-refractivity contribution < 1.29 is 28.6 Å². The van der Waals surface area contributed by atoms with Crippen LogP contribution in [0.1, 0.15) is 54.4 Å². The molecule has 0 bridgehead atoms. The van der Waals surface area contributed by atoms with Crippen molar-refractivity contribution in [3.05, 3.63) is 0 Å². The molecule has 0 aromatic rings. The highest BCUT2D eigenvalue weighted by atomic mass is 16.6. The fraction of sp³-hybridized carbons (Fsp3) is 0.833. The van der Waals surface area contributed by atoms with E-state index in [4.69, 9.17) is 14.2 Å². The maximum absolute atomic E-state index is 12.1. The molecule has 0 spiro atoms. The third-order valence-electron chi connectivity index (χ3n) is 3.79. The molecule has 0 aromatic carbocycles. The van der Waals surface area contributed by atoms with Gasteiger partial charge in [-0.15, -0.1) is 0 Å². The first kappa shape index (κ1) is 22.1. The number of nitrogens with one attached hydrogen (secondary N) is 1. The zero-order valence-electron chi connectivity index (χ0n) is 16.9. The highest BCUT2D eigenvalue weighted by molar-refractivity contribution is 5.81. The van der Waals surface area contributed by atoms with E-state index >= 15 is 0 Å². The average molecular weight is 372 g/mol. The molecule has 0 saturated carbocycles. The summed E-state index contributed by atoms with van der Waals surface area (Å²) in [4.78, 5) is 37.9. The number of esters is 1. The Labute approximate surface area is 155 Å². The van der Waals surface area contributed by atoms with Gasteiger partial charge in [0.05, 0.1) is 7.11 Å². The number of methoxy groups -OCH3 is 1. The predicted octanol–water partition coefficient (Wildman–Crippen LogP) is 2.70. The van der Waals surface area contributed by atoms with Gasteiger partial charge in [0, 0.05) is 13.1 Å². The first-order valence-corrected chi connectivity index (χ1v) is 8.87. The maximum Gasteiger partial charge on any atom is 0.410 e. The van der Waals surface area contributed by atoms with Crippen LogP contribution in [-0.2, 0) is 19.0 Å². The standard InChI is InChI=1S/C18H32N2O6/c1-17(2,3)25-15(22)19-13(14(21)24-7)12-8-10-20(11-9-12)16(23)26-18(4,5)6/h12-13H,8-11H2,1-7H3,(H,19,22). The van der Waals surface area contributed by atoms with Gasteiger partial charge in [-0.2, -0.15) is 0 Å². The van der Waals surface area contributed by atoms with Gasteiger partial charge in [0.1, 0.15) is 17.2 Å². The van der Waals surface area contributed by atoms with E-state index in [1.807, 2.05) is 20.8 Å². The zero-order valence-corrected chi connectivity index (χ0v) is 16.9. The number of amides is 2. The van der Waals surface area contributed by atoms with Crippen molar-refractivity contribution >= 4 is 18.2 Å². The second-order valence-electron chi connectivity index (χ2n) is 8.45. The molecule has 1 fully saturated rings. The third-order valence-corrected chi connectivity index (χ3v) is 3.79. The number of nitrogens with zero attached hydrogens (tertiary/aromatic N) is 1. The van der Waals surface area contributed by atoms with Crippen molar-refractivity contribution in [2.45, 2.75) is 71.6 Å². The van der Waals surface area contributed by atoms with Gasteiger partial charge in [-0.1, -0.05) is 0 Å². The first-order chi connectivity index (χ1) is 11.8. The van der Waals surface area contributed by atoms with Crippen LogP contribution in [-0.4, -0.2) is 60.5 Å².